The Morgan fingerprint density at radius 1 is 1.07 bits per heavy atom. The molecule has 0 unspecified atom stereocenters. The minimum absolute atomic E-state index is 0.0191. The first kappa shape index (κ1) is 18.3. The van der Waals surface area contributed by atoms with Crippen LogP contribution in [0.1, 0.15) is 22.8 Å². The van der Waals surface area contributed by atoms with Gasteiger partial charge < -0.3 is 10.1 Å². The number of ether oxygens (including phenoxy) is 1. The summed E-state index contributed by atoms with van der Waals surface area (Å²) in [4.78, 5) is 24.8. The van der Waals surface area contributed by atoms with Crippen molar-refractivity contribution >= 4 is 17.8 Å². The normalized spacial score (nSPS) is 10.5. The van der Waals surface area contributed by atoms with Crippen molar-refractivity contribution in [3.05, 3.63) is 53.1 Å². The van der Waals surface area contributed by atoms with E-state index in [0.29, 0.717) is 18.2 Å². The largest absolute Gasteiger partial charge is 0.497 e. The fourth-order valence-electron chi connectivity index (χ4n) is 2.50. The zero-order valence-corrected chi connectivity index (χ0v) is 15.4. The molecule has 0 aliphatic rings. The van der Waals surface area contributed by atoms with Crippen LogP contribution in [0.4, 0.5) is 11.9 Å². The predicted molar refractivity (Wildman–Crippen MR) is 101 cm³/mol. The second-order valence-corrected chi connectivity index (χ2v) is 6.01. The molecule has 3 aromatic rings. The van der Waals surface area contributed by atoms with E-state index in [-0.39, 0.29) is 18.4 Å². The van der Waals surface area contributed by atoms with Crippen molar-refractivity contribution in [1.29, 1.82) is 0 Å². The third kappa shape index (κ3) is 5.24. The van der Waals surface area contributed by atoms with Crippen molar-refractivity contribution < 1.29 is 9.53 Å². The highest BCUT2D eigenvalue weighted by Crippen LogP contribution is 2.13. The van der Waals surface area contributed by atoms with Gasteiger partial charge in [0.15, 0.2) is 0 Å². The molecular formula is C18H21N7O2. The molecule has 0 bridgehead atoms. The first-order chi connectivity index (χ1) is 13.0. The van der Waals surface area contributed by atoms with Crippen molar-refractivity contribution in [2.45, 2.75) is 20.3 Å². The molecule has 0 spiro atoms. The van der Waals surface area contributed by atoms with E-state index in [9.17, 15) is 4.79 Å². The molecule has 0 atom stereocenters. The van der Waals surface area contributed by atoms with Crippen LogP contribution in [0.3, 0.4) is 0 Å². The van der Waals surface area contributed by atoms with Crippen molar-refractivity contribution in [2.24, 2.45) is 0 Å². The molecule has 1 aromatic carbocycles. The smallest absolute Gasteiger partial charge is 0.248 e. The van der Waals surface area contributed by atoms with Crippen LogP contribution in [0.5, 0.6) is 5.75 Å². The summed E-state index contributed by atoms with van der Waals surface area (Å²) >= 11 is 0. The number of H-pyrrole nitrogens is 1. The number of hydrogen-bond donors (Lipinski definition) is 3. The second-order valence-electron chi connectivity index (χ2n) is 6.01. The van der Waals surface area contributed by atoms with Gasteiger partial charge in [-0.1, -0.05) is 12.1 Å². The van der Waals surface area contributed by atoms with E-state index in [4.69, 9.17) is 4.74 Å². The van der Waals surface area contributed by atoms with Crippen LogP contribution < -0.4 is 15.4 Å². The number of amides is 1. The van der Waals surface area contributed by atoms with Gasteiger partial charge in [-0.15, -0.1) is 5.10 Å². The van der Waals surface area contributed by atoms with E-state index >= 15 is 0 Å². The van der Waals surface area contributed by atoms with Crippen molar-refractivity contribution in [3.8, 4) is 5.75 Å². The average molecular weight is 367 g/mol. The Hall–Kier alpha value is -3.49. The molecule has 9 nitrogen and oxygen atoms in total. The van der Waals surface area contributed by atoms with E-state index < -0.39 is 0 Å². The highest BCUT2D eigenvalue weighted by atomic mass is 16.5. The number of anilines is 2. The van der Waals surface area contributed by atoms with Crippen LogP contribution in [0.2, 0.25) is 0 Å². The molecule has 2 heterocycles. The van der Waals surface area contributed by atoms with Crippen LogP contribution in [-0.2, 0) is 11.2 Å². The highest BCUT2D eigenvalue weighted by Gasteiger charge is 2.09. The van der Waals surface area contributed by atoms with Gasteiger partial charge in [-0.3, -0.25) is 15.2 Å². The Morgan fingerprint density at radius 3 is 2.44 bits per heavy atom. The van der Waals surface area contributed by atoms with E-state index in [1.165, 1.54) is 0 Å². The lowest BCUT2D eigenvalue weighted by molar-refractivity contribution is -0.114. The monoisotopic (exact) mass is 367 g/mol. The van der Waals surface area contributed by atoms with E-state index in [1.807, 2.05) is 44.2 Å². The molecule has 3 rings (SSSR count). The number of aromatic nitrogens is 5. The van der Waals surface area contributed by atoms with Crippen LogP contribution >= 0.6 is 0 Å². The molecule has 140 valence electrons. The number of hydrogen-bond acceptors (Lipinski definition) is 7. The summed E-state index contributed by atoms with van der Waals surface area (Å²) in [7, 11) is 1.63. The van der Waals surface area contributed by atoms with Crippen molar-refractivity contribution in [3.63, 3.8) is 0 Å². The van der Waals surface area contributed by atoms with Gasteiger partial charge in [0.1, 0.15) is 11.6 Å². The zero-order valence-electron chi connectivity index (χ0n) is 15.4. The number of carbonyl (C=O) groups excluding carboxylic acids is 1. The maximum Gasteiger partial charge on any atom is 0.248 e. The molecule has 0 aliphatic heterocycles. The maximum absolute atomic E-state index is 12.1. The Balaban J connectivity index is 1.52. The minimum Gasteiger partial charge on any atom is -0.497 e. The molecule has 3 N–H and O–H groups in total. The average Bonchev–Trinajstić information content (AvgIpc) is 3.06. The summed E-state index contributed by atoms with van der Waals surface area (Å²) in [6, 6.07) is 9.54. The number of nitrogens with zero attached hydrogens (tertiary/aromatic N) is 4. The first-order valence-corrected chi connectivity index (χ1v) is 8.42. The molecule has 0 saturated carbocycles. The molecule has 0 fully saturated rings. The van der Waals surface area contributed by atoms with Gasteiger partial charge in [0.2, 0.25) is 17.8 Å². The summed E-state index contributed by atoms with van der Waals surface area (Å²) < 4.78 is 5.14. The lowest BCUT2D eigenvalue weighted by Gasteiger charge is -2.05. The molecule has 2 aromatic heterocycles. The summed E-state index contributed by atoms with van der Waals surface area (Å²) in [5.41, 5.74) is 2.73. The Morgan fingerprint density at radius 2 is 1.78 bits per heavy atom. The number of carbonyl (C=O) groups is 1. The van der Waals surface area contributed by atoms with Gasteiger partial charge in [0.05, 0.1) is 13.7 Å². The minimum atomic E-state index is -0.284. The van der Waals surface area contributed by atoms with E-state index in [2.05, 4.69) is 35.8 Å². The van der Waals surface area contributed by atoms with Crippen LogP contribution in [-0.4, -0.2) is 44.7 Å². The number of aromatic amines is 1. The van der Waals surface area contributed by atoms with Gasteiger partial charge >= 0.3 is 0 Å². The van der Waals surface area contributed by atoms with Gasteiger partial charge in [-0.05, 0) is 37.6 Å². The number of benzene rings is 1. The predicted octanol–water partition coefficient (Wildman–Crippen LogP) is 1.86. The van der Waals surface area contributed by atoms with Gasteiger partial charge in [0.25, 0.3) is 0 Å². The fraction of sp³-hybridized carbons (Fsp3) is 0.278. The molecule has 0 radical (unpaired) electrons. The van der Waals surface area contributed by atoms with Gasteiger partial charge in [-0.2, -0.15) is 4.98 Å². The highest BCUT2D eigenvalue weighted by molar-refractivity contribution is 5.91. The van der Waals surface area contributed by atoms with E-state index in [1.54, 1.807) is 7.11 Å². The zero-order chi connectivity index (χ0) is 19.2. The number of nitrogens with one attached hydrogen (secondary N) is 3. The SMILES string of the molecule is COc1ccc(Cc2nc(NC(=O)CNc3nc(C)cc(C)n3)n[nH]2)cc1. The van der Waals surface area contributed by atoms with Crippen molar-refractivity contribution in [2.75, 3.05) is 24.3 Å². The van der Waals surface area contributed by atoms with Gasteiger partial charge in [0, 0.05) is 17.8 Å². The second kappa shape index (κ2) is 8.26. The summed E-state index contributed by atoms with van der Waals surface area (Å²) in [5, 5.41) is 12.4. The number of rotatable bonds is 7. The lowest BCUT2D eigenvalue weighted by Crippen LogP contribution is -2.23. The summed E-state index contributed by atoms with van der Waals surface area (Å²) in [5.74, 6) is 1.81. The fourth-order valence-corrected chi connectivity index (χ4v) is 2.50. The van der Waals surface area contributed by atoms with E-state index in [0.717, 1.165) is 22.7 Å². The molecule has 9 heteroatoms. The molecular weight excluding hydrogens is 346 g/mol. The quantitative estimate of drug-likeness (QED) is 0.583. The standard InChI is InChI=1S/C18H21N7O2/c1-11-8-12(2)21-17(20-11)19-10-16(26)23-18-22-15(24-25-18)9-13-4-6-14(27-3)7-5-13/h4-8H,9-10H2,1-3H3,(H,19,20,21)(H2,22,23,24,25,26). The Kier molecular flexibility index (Phi) is 5.60. The van der Waals surface area contributed by atoms with Crippen LogP contribution in [0, 0.1) is 13.8 Å². The van der Waals surface area contributed by atoms with Gasteiger partial charge in [-0.25, -0.2) is 9.97 Å². The number of aryl methyl sites for hydroxylation is 2. The Labute approximate surface area is 156 Å². The van der Waals surface area contributed by atoms with Crippen LogP contribution in [0.15, 0.2) is 30.3 Å². The molecule has 0 saturated heterocycles. The lowest BCUT2D eigenvalue weighted by atomic mass is 10.1. The molecule has 27 heavy (non-hydrogen) atoms. The topological polar surface area (TPSA) is 118 Å². The van der Waals surface area contributed by atoms with Crippen molar-refractivity contribution in [1.82, 2.24) is 25.1 Å². The maximum atomic E-state index is 12.1. The Bertz CT molecular complexity index is 901. The third-order valence-electron chi connectivity index (χ3n) is 3.70. The van der Waals surface area contributed by atoms with Crippen LogP contribution in [0.25, 0.3) is 0 Å². The third-order valence-corrected chi connectivity index (χ3v) is 3.70. The molecule has 0 aliphatic carbocycles. The number of methoxy groups -OCH3 is 1. The summed E-state index contributed by atoms with van der Waals surface area (Å²) in [6.07, 6.45) is 0.571. The summed E-state index contributed by atoms with van der Waals surface area (Å²) in [6.45, 7) is 3.76. The first-order valence-electron chi connectivity index (χ1n) is 8.42. The molecule has 1 amide bonds.